The minimum Gasteiger partial charge on any atom is -0.338 e. The van der Waals surface area contributed by atoms with Crippen molar-refractivity contribution in [1.29, 1.82) is 0 Å². The molecule has 0 radical (unpaired) electrons. The van der Waals surface area contributed by atoms with Crippen LogP contribution in [0.4, 0.5) is 17.2 Å². The quantitative estimate of drug-likeness (QED) is 0.514. The maximum atomic E-state index is 12.6. The van der Waals surface area contributed by atoms with E-state index in [1.807, 2.05) is 43.3 Å². The number of aryl methyl sites for hydroxylation is 1. The van der Waals surface area contributed by atoms with Gasteiger partial charge in [-0.3, -0.25) is 9.78 Å². The van der Waals surface area contributed by atoms with E-state index in [-0.39, 0.29) is 11.6 Å². The van der Waals surface area contributed by atoms with Gasteiger partial charge in [-0.2, -0.15) is 0 Å². The summed E-state index contributed by atoms with van der Waals surface area (Å²) < 4.78 is 0. The highest BCUT2D eigenvalue weighted by Crippen LogP contribution is 2.24. The number of para-hydroxylation sites is 1. The molecule has 2 aromatic carbocycles. The Balaban J connectivity index is 1.59. The van der Waals surface area contributed by atoms with E-state index in [0.717, 1.165) is 22.2 Å². The highest BCUT2D eigenvalue weighted by Gasteiger charge is 2.12. The molecule has 2 heterocycles. The third-order valence-electron chi connectivity index (χ3n) is 4.24. The van der Waals surface area contributed by atoms with Crippen molar-refractivity contribution in [3.8, 4) is 0 Å². The molecule has 0 saturated heterocycles. The first-order valence-electron chi connectivity index (χ1n) is 8.60. The number of benzene rings is 2. The van der Waals surface area contributed by atoms with Crippen molar-refractivity contribution in [1.82, 2.24) is 15.0 Å². The van der Waals surface area contributed by atoms with Crippen LogP contribution >= 0.6 is 11.6 Å². The van der Waals surface area contributed by atoms with Gasteiger partial charge in [0, 0.05) is 28.4 Å². The molecule has 0 atom stereocenters. The fraction of sp³-hybridized carbons (Fsp3) is 0.0476. The molecule has 1 amide bonds. The van der Waals surface area contributed by atoms with Crippen LogP contribution in [0, 0.1) is 6.92 Å². The number of halogens is 1. The Labute approximate surface area is 166 Å². The SMILES string of the molecule is Cc1ccc(Cl)cc1NC(=O)c1cc(Nc2cccc3cccnc23)ncn1. The lowest BCUT2D eigenvalue weighted by Gasteiger charge is -2.10. The number of carbonyl (C=O) groups excluding carboxylic acids is 1. The van der Waals surface area contributed by atoms with Crippen LogP contribution in [-0.2, 0) is 0 Å². The highest BCUT2D eigenvalue weighted by molar-refractivity contribution is 6.31. The van der Waals surface area contributed by atoms with Gasteiger partial charge in [0.1, 0.15) is 17.8 Å². The molecular weight excluding hydrogens is 374 g/mol. The molecule has 0 saturated carbocycles. The molecule has 2 aromatic heterocycles. The zero-order chi connectivity index (χ0) is 19.5. The molecule has 4 rings (SSSR count). The number of hydrogen-bond donors (Lipinski definition) is 2. The molecule has 4 aromatic rings. The molecule has 0 fully saturated rings. The topological polar surface area (TPSA) is 79.8 Å². The van der Waals surface area contributed by atoms with Gasteiger partial charge in [0.25, 0.3) is 5.91 Å². The van der Waals surface area contributed by atoms with Crippen LogP contribution in [0.3, 0.4) is 0 Å². The van der Waals surface area contributed by atoms with Gasteiger partial charge in [-0.25, -0.2) is 9.97 Å². The standard InChI is InChI=1S/C21H16ClN5O/c1-13-7-8-15(22)10-17(13)27-21(28)18-11-19(25-12-24-18)26-16-6-2-4-14-5-3-9-23-20(14)16/h2-12H,1H3,(H,27,28)(H,24,25,26). The minimum absolute atomic E-state index is 0.241. The van der Waals surface area contributed by atoms with E-state index in [1.165, 1.54) is 6.33 Å². The van der Waals surface area contributed by atoms with Crippen molar-refractivity contribution in [3.05, 3.63) is 83.4 Å². The molecule has 7 heteroatoms. The molecule has 138 valence electrons. The van der Waals surface area contributed by atoms with Crippen molar-refractivity contribution < 1.29 is 4.79 Å². The normalized spacial score (nSPS) is 10.6. The summed E-state index contributed by atoms with van der Waals surface area (Å²) in [5.41, 5.74) is 3.42. The number of rotatable bonds is 4. The Kier molecular flexibility index (Phi) is 4.87. The van der Waals surface area contributed by atoms with Crippen LogP contribution < -0.4 is 10.6 Å². The van der Waals surface area contributed by atoms with Gasteiger partial charge in [0.05, 0.1) is 11.2 Å². The molecule has 0 bridgehead atoms. The van der Waals surface area contributed by atoms with Gasteiger partial charge < -0.3 is 10.6 Å². The van der Waals surface area contributed by atoms with Gasteiger partial charge in [-0.1, -0.05) is 35.9 Å². The molecule has 2 N–H and O–H groups in total. The lowest BCUT2D eigenvalue weighted by molar-refractivity contribution is 0.102. The van der Waals surface area contributed by atoms with Crippen molar-refractivity contribution in [2.45, 2.75) is 6.92 Å². The van der Waals surface area contributed by atoms with E-state index in [9.17, 15) is 4.79 Å². The fourth-order valence-corrected chi connectivity index (χ4v) is 2.98. The van der Waals surface area contributed by atoms with Crippen molar-refractivity contribution >= 4 is 45.6 Å². The zero-order valence-electron chi connectivity index (χ0n) is 15.0. The Bertz CT molecular complexity index is 1170. The van der Waals surface area contributed by atoms with E-state index >= 15 is 0 Å². The fourth-order valence-electron chi connectivity index (χ4n) is 2.81. The molecule has 0 unspecified atom stereocenters. The third-order valence-corrected chi connectivity index (χ3v) is 4.48. The number of fused-ring (bicyclic) bond motifs is 1. The van der Waals surface area contributed by atoms with Crippen molar-refractivity contribution in [3.63, 3.8) is 0 Å². The lowest BCUT2D eigenvalue weighted by Crippen LogP contribution is -2.15. The number of anilines is 3. The first-order valence-corrected chi connectivity index (χ1v) is 8.98. The smallest absolute Gasteiger partial charge is 0.274 e. The Morgan fingerprint density at radius 1 is 0.964 bits per heavy atom. The van der Waals surface area contributed by atoms with Gasteiger partial charge >= 0.3 is 0 Å². The maximum Gasteiger partial charge on any atom is 0.274 e. The molecule has 0 spiro atoms. The average molecular weight is 390 g/mol. The van der Waals surface area contributed by atoms with Crippen LogP contribution in [-0.4, -0.2) is 20.9 Å². The molecule has 0 aliphatic rings. The van der Waals surface area contributed by atoms with Gasteiger partial charge in [0.2, 0.25) is 0 Å². The van der Waals surface area contributed by atoms with Gasteiger partial charge in [-0.05, 0) is 36.8 Å². The Hall–Kier alpha value is -3.51. The van der Waals surface area contributed by atoms with E-state index in [1.54, 1.807) is 24.4 Å². The summed E-state index contributed by atoms with van der Waals surface area (Å²) >= 11 is 6.02. The number of nitrogens with zero attached hydrogens (tertiary/aromatic N) is 3. The number of hydrogen-bond acceptors (Lipinski definition) is 5. The van der Waals surface area contributed by atoms with E-state index in [0.29, 0.717) is 16.5 Å². The second-order valence-corrected chi connectivity index (χ2v) is 6.64. The van der Waals surface area contributed by atoms with Crippen molar-refractivity contribution in [2.75, 3.05) is 10.6 Å². The summed E-state index contributed by atoms with van der Waals surface area (Å²) in [5, 5.41) is 7.61. The van der Waals surface area contributed by atoms with Crippen LogP contribution in [0.15, 0.2) is 67.1 Å². The molecule has 0 aliphatic heterocycles. The van der Waals surface area contributed by atoms with Crippen LogP contribution in [0.1, 0.15) is 16.1 Å². The van der Waals surface area contributed by atoms with E-state index in [2.05, 4.69) is 25.6 Å². The molecular formula is C21H16ClN5O. The molecule has 6 nitrogen and oxygen atoms in total. The number of aromatic nitrogens is 3. The van der Waals surface area contributed by atoms with E-state index < -0.39 is 0 Å². The number of carbonyl (C=O) groups is 1. The molecule has 28 heavy (non-hydrogen) atoms. The van der Waals surface area contributed by atoms with Crippen LogP contribution in [0.5, 0.6) is 0 Å². The summed E-state index contributed by atoms with van der Waals surface area (Å²) in [4.78, 5) is 25.3. The van der Waals surface area contributed by atoms with Crippen LogP contribution in [0.2, 0.25) is 5.02 Å². The summed E-state index contributed by atoms with van der Waals surface area (Å²) in [7, 11) is 0. The predicted octanol–water partition coefficient (Wildman–Crippen LogP) is 4.98. The second-order valence-electron chi connectivity index (χ2n) is 6.21. The number of pyridine rings is 1. The first-order chi connectivity index (χ1) is 13.6. The summed E-state index contributed by atoms with van der Waals surface area (Å²) in [6, 6.07) is 16.6. The van der Waals surface area contributed by atoms with E-state index in [4.69, 9.17) is 11.6 Å². The first kappa shape index (κ1) is 17.9. The average Bonchev–Trinajstić information content (AvgIpc) is 2.71. The van der Waals surface area contributed by atoms with Gasteiger partial charge in [0.15, 0.2) is 0 Å². The summed E-state index contributed by atoms with van der Waals surface area (Å²) in [6.07, 6.45) is 3.08. The predicted molar refractivity (Wildman–Crippen MR) is 111 cm³/mol. The summed E-state index contributed by atoms with van der Waals surface area (Å²) in [5.74, 6) is 0.160. The summed E-state index contributed by atoms with van der Waals surface area (Å²) in [6.45, 7) is 1.90. The Morgan fingerprint density at radius 3 is 2.71 bits per heavy atom. The maximum absolute atomic E-state index is 12.6. The largest absolute Gasteiger partial charge is 0.338 e. The monoisotopic (exact) mass is 389 g/mol. The number of amides is 1. The number of nitrogens with one attached hydrogen (secondary N) is 2. The van der Waals surface area contributed by atoms with Crippen LogP contribution in [0.25, 0.3) is 10.9 Å². The zero-order valence-corrected chi connectivity index (χ0v) is 15.7. The third kappa shape index (κ3) is 3.77. The lowest BCUT2D eigenvalue weighted by atomic mass is 10.2. The minimum atomic E-state index is -0.341. The van der Waals surface area contributed by atoms with Crippen molar-refractivity contribution in [2.24, 2.45) is 0 Å². The van der Waals surface area contributed by atoms with Gasteiger partial charge in [-0.15, -0.1) is 0 Å². The second kappa shape index (κ2) is 7.62. The highest BCUT2D eigenvalue weighted by atomic mass is 35.5. The Morgan fingerprint density at radius 2 is 1.82 bits per heavy atom. The molecule has 0 aliphatic carbocycles.